The second-order valence-corrected chi connectivity index (χ2v) is 5.34. The minimum atomic E-state index is -1.34. The highest BCUT2D eigenvalue weighted by atomic mass is 19.1. The molecule has 0 bridgehead atoms. The molecule has 2 aromatic rings. The van der Waals surface area contributed by atoms with E-state index in [1.54, 1.807) is 6.92 Å². The lowest BCUT2D eigenvalue weighted by Gasteiger charge is -2.15. The quantitative estimate of drug-likeness (QED) is 0.557. The maximum absolute atomic E-state index is 13.3. The Morgan fingerprint density at radius 3 is 2.73 bits per heavy atom. The number of rotatable bonds is 2. The van der Waals surface area contributed by atoms with E-state index >= 15 is 0 Å². The maximum atomic E-state index is 13.3. The molecule has 22 heavy (non-hydrogen) atoms. The van der Waals surface area contributed by atoms with E-state index in [1.165, 1.54) is 12.1 Å². The van der Waals surface area contributed by atoms with E-state index in [0.717, 1.165) is 0 Å². The zero-order chi connectivity index (χ0) is 16.0. The Morgan fingerprint density at radius 2 is 2.09 bits per heavy atom. The van der Waals surface area contributed by atoms with Gasteiger partial charge in [-0.1, -0.05) is 0 Å². The van der Waals surface area contributed by atoms with Crippen LogP contribution >= 0.6 is 0 Å². The lowest BCUT2D eigenvalue weighted by molar-refractivity contribution is -0.0231. The highest BCUT2D eigenvalue weighted by Crippen LogP contribution is 2.32. The van der Waals surface area contributed by atoms with Gasteiger partial charge >= 0.3 is 0 Å². The lowest BCUT2D eigenvalue weighted by atomic mass is 10.0. The number of fused-ring (bicyclic) bond motifs is 1. The van der Waals surface area contributed by atoms with Crippen LogP contribution in [0.1, 0.15) is 17.2 Å². The Bertz CT molecular complexity index is 778. The number of hydrogen-bond donors (Lipinski definition) is 4. The van der Waals surface area contributed by atoms with Crippen LogP contribution in [0.3, 0.4) is 0 Å². The highest BCUT2D eigenvalue weighted by Gasteiger charge is 2.44. The first-order valence-corrected chi connectivity index (χ1v) is 6.75. The van der Waals surface area contributed by atoms with Crippen molar-refractivity contribution in [1.29, 1.82) is 0 Å². The largest absolute Gasteiger partial charge is 0.394 e. The van der Waals surface area contributed by atoms with Crippen LogP contribution in [0.4, 0.5) is 4.39 Å². The molecule has 8 heteroatoms. The van der Waals surface area contributed by atoms with Gasteiger partial charge in [0, 0.05) is 10.9 Å². The number of H-pyrrole nitrogens is 1. The van der Waals surface area contributed by atoms with Crippen LogP contribution < -0.4 is 5.56 Å². The van der Waals surface area contributed by atoms with Gasteiger partial charge < -0.3 is 25.0 Å². The first kappa shape index (κ1) is 15.0. The number of nitrogens with one attached hydrogen (secondary N) is 1. The van der Waals surface area contributed by atoms with Gasteiger partial charge in [0.1, 0.15) is 30.1 Å². The summed E-state index contributed by atoms with van der Waals surface area (Å²) in [6, 6.07) is 2.68. The Labute approximate surface area is 124 Å². The van der Waals surface area contributed by atoms with Crippen molar-refractivity contribution in [3.8, 4) is 0 Å². The summed E-state index contributed by atoms with van der Waals surface area (Å²) < 4.78 is 18.6. The normalized spacial score (nSPS) is 28.4. The molecule has 0 amide bonds. The van der Waals surface area contributed by atoms with Gasteiger partial charge in [0.05, 0.1) is 6.61 Å². The monoisotopic (exact) mass is 310 g/mol. The van der Waals surface area contributed by atoms with Crippen LogP contribution in [0.2, 0.25) is 0 Å². The third-order valence-electron chi connectivity index (χ3n) is 3.88. The summed E-state index contributed by atoms with van der Waals surface area (Å²) in [4.78, 5) is 18.2. The number of nitrogens with zero attached hydrogens (tertiary/aromatic N) is 1. The zero-order valence-corrected chi connectivity index (χ0v) is 11.7. The number of hydrogen-bond acceptors (Lipinski definition) is 6. The van der Waals surface area contributed by atoms with Crippen LogP contribution in [-0.2, 0) is 4.74 Å². The molecule has 118 valence electrons. The van der Waals surface area contributed by atoms with Crippen LogP contribution in [0, 0.1) is 12.9 Å². The molecule has 4 N–H and O–H groups in total. The van der Waals surface area contributed by atoms with E-state index < -0.39 is 42.5 Å². The topological polar surface area (TPSA) is 116 Å². The predicted octanol–water partition coefficient (Wildman–Crippen LogP) is -0.475. The van der Waals surface area contributed by atoms with Crippen LogP contribution in [0.5, 0.6) is 0 Å². The molecule has 0 spiro atoms. The molecule has 2 aromatic heterocycles. The van der Waals surface area contributed by atoms with Crippen molar-refractivity contribution in [3.63, 3.8) is 0 Å². The first-order valence-electron chi connectivity index (χ1n) is 6.75. The average Bonchev–Trinajstić information content (AvgIpc) is 2.74. The Hall–Kier alpha value is -1.87. The fraction of sp³-hybridized carbons (Fsp3) is 0.429. The van der Waals surface area contributed by atoms with Crippen LogP contribution in [-0.4, -0.2) is 50.2 Å². The molecule has 2 unspecified atom stereocenters. The van der Waals surface area contributed by atoms with E-state index in [9.17, 15) is 19.4 Å². The fourth-order valence-electron chi connectivity index (χ4n) is 2.69. The average molecular weight is 310 g/mol. The van der Waals surface area contributed by atoms with Crippen molar-refractivity contribution in [2.45, 2.75) is 31.3 Å². The summed E-state index contributed by atoms with van der Waals surface area (Å²) in [5.41, 5.74) is 0.149. The summed E-state index contributed by atoms with van der Waals surface area (Å²) in [7, 11) is 0. The molecule has 4 atom stereocenters. The molecular weight excluding hydrogens is 295 g/mol. The number of aliphatic hydroxyl groups excluding tert-OH is 3. The number of aromatic amines is 1. The molecule has 0 aromatic carbocycles. The molecule has 1 fully saturated rings. The molecule has 1 saturated heterocycles. The number of pyridine rings is 2. The van der Waals surface area contributed by atoms with Gasteiger partial charge in [0.25, 0.3) is 5.56 Å². The second kappa shape index (κ2) is 5.40. The molecule has 3 rings (SSSR count). The van der Waals surface area contributed by atoms with Crippen molar-refractivity contribution < 1.29 is 24.4 Å². The maximum Gasteiger partial charge on any atom is 0.255 e. The third kappa shape index (κ3) is 2.30. The summed E-state index contributed by atoms with van der Waals surface area (Å²) >= 11 is 0. The molecule has 0 aliphatic carbocycles. The highest BCUT2D eigenvalue weighted by molar-refractivity contribution is 5.78. The van der Waals surface area contributed by atoms with Crippen molar-refractivity contribution >= 4 is 11.0 Å². The summed E-state index contributed by atoms with van der Waals surface area (Å²) in [5.74, 6) is -0.707. The van der Waals surface area contributed by atoms with Crippen molar-refractivity contribution in [2.75, 3.05) is 6.61 Å². The van der Waals surface area contributed by atoms with Crippen LogP contribution in [0.25, 0.3) is 11.0 Å². The van der Waals surface area contributed by atoms with Gasteiger partial charge in [-0.3, -0.25) is 4.79 Å². The molecule has 7 nitrogen and oxygen atoms in total. The summed E-state index contributed by atoms with van der Waals surface area (Å²) in [5, 5.41) is 29.4. The number of aliphatic hydroxyl groups is 3. The van der Waals surface area contributed by atoms with Gasteiger partial charge in [-0.05, 0) is 24.6 Å². The number of aromatic nitrogens is 2. The third-order valence-corrected chi connectivity index (χ3v) is 3.88. The van der Waals surface area contributed by atoms with Gasteiger partial charge in [-0.25, -0.2) is 4.98 Å². The standard InChI is InChI=1S/C14H15FN2O5/c1-5-2-9(15)16-13-6(5)3-7(14(21)17-13)12-11(20)10(19)8(4-18)22-12/h2-3,8,10-12,18-20H,4H2,1H3,(H,16,17,21)/t8-,10?,11?,12+/m1/s1. The van der Waals surface area contributed by atoms with E-state index in [1.807, 2.05) is 0 Å². The molecule has 3 heterocycles. The Balaban J connectivity index is 2.12. The van der Waals surface area contributed by atoms with Crippen LogP contribution in [0.15, 0.2) is 16.9 Å². The lowest BCUT2D eigenvalue weighted by Crippen LogP contribution is -2.33. The minimum absolute atomic E-state index is 0.0894. The minimum Gasteiger partial charge on any atom is -0.394 e. The smallest absolute Gasteiger partial charge is 0.255 e. The second-order valence-electron chi connectivity index (χ2n) is 5.34. The van der Waals surface area contributed by atoms with Gasteiger partial charge in [0.2, 0.25) is 5.95 Å². The number of aryl methyl sites for hydroxylation is 1. The number of ether oxygens (including phenoxy) is 1. The molecule has 1 aliphatic heterocycles. The Kier molecular flexibility index (Phi) is 3.69. The van der Waals surface area contributed by atoms with Gasteiger partial charge in [0.15, 0.2) is 0 Å². The molecule has 0 radical (unpaired) electrons. The number of halogens is 1. The molecule has 1 aliphatic rings. The summed E-state index contributed by atoms with van der Waals surface area (Å²) in [6.45, 7) is 1.18. The van der Waals surface area contributed by atoms with E-state index in [2.05, 4.69) is 9.97 Å². The van der Waals surface area contributed by atoms with Crippen molar-refractivity contribution in [3.05, 3.63) is 39.6 Å². The molecule has 0 saturated carbocycles. The SMILES string of the molecule is Cc1cc(F)nc2[nH]c(=O)c([C@@H]3O[C@H](CO)C(O)C3O)cc12. The Morgan fingerprint density at radius 1 is 1.36 bits per heavy atom. The van der Waals surface area contributed by atoms with E-state index in [4.69, 9.17) is 9.84 Å². The van der Waals surface area contributed by atoms with Crippen molar-refractivity contribution in [2.24, 2.45) is 0 Å². The first-order chi connectivity index (χ1) is 10.4. The summed E-state index contributed by atoms with van der Waals surface area (Å²) in [6.07, 6.45) is -4.69. The van der Waals surface area contributed by atoms with Gasteiger partial charge in [-0.2, -0.15) is 4.39 Å². The predicted molar refractivity (Wildman–Crippen MR) is 73.8 cm³/mol. The van der Waals surface area contributed by atoms with Crippen molar-refractivity contribution in [1.82, 2.24) is 9.97 Å². The van der Waals surface area contributed by atoms with E-state index in [-0.39, 0.29) is 11.2 Å². The zero-order valence-electron chi connectivity index (χ0n) is 11.7. The fourth-order valence-corrected chi connectivity index (χ4v) is 2.69. The van der Waals surface area contributed by atoms with Gasteiger partial charge in [-0.15, -0.1) is 0 Å². The molecular formula is C14H15FN2O5. The van der Waals surface area contributed by atoms with E-state index in [0.29, 0.717) is 10.9 Å².